The number of anilines is 1. The second-order valence-corrected chi connectivity index (χ2v) is 5.67. The van der Waals surface area contributed by atoms with E-state index in [-0.39, 0.29) is 0 Å². The summed E-state index contributed by atoms with van der Waals surface area (Å²) < 4.78 is 0. The van der Waals surface area contributed by atoms with Crippen molar-refractivity contribution < 1.29 is 0 Å². The van der Waals surface area contributed by atoms with Crippen LogP contribution in [0.4, 0.5) is 5.95 Å². The summed E-state index contributed by atoms with van der Waals surface area (Å²) in [6.07, 6.45) is 3.33. The van der Waals surface area contributed by atoms with Crippen LogP contribution in [0.2, 0.25) is 5.02 Å². The number of nitrogens with zero attached hydrogens (tertiary/aromatic N) is 5. The van der Waals surface area contributed by atoms with Crippen LogP contribution in [0.3, 0.4) is 0 Å². The first-order valence-electron chi connectivity index (χ1n) is 6.95. The second-order valence-electron chi connectivity index (χ2n) is 5.23. The fraction of sp³-hybridized carbons (Fsp3) is 0.692. The zero-order valence-electron chi connectivity index (χ0n) is 11.3. The molecule has 1 aromatic heterocycles. The predicted molar refractivity (Wildman–Crippen MR) is 76.7 cm³/mol. The maximum Gasteiger partial charge on any atom is 0.225 e. The summed E-state index contributed by atoms with van der Waals surface area (Å²) in [5, 5.41) is 0.594. The highest BCUT2D eigenvalue weighted by molar-refractivity contribution is 6.30. The van der Waals surface area contributed by atoms with Crippen molar-refractivity contribution in [1.82, 2.24) is 19.8 Å². The van der Waals surface area contributed by atoms with Gasteiger partial charge < -0.3 is 9.80 Å². The van der Waals surface area contributed by atoms with E-state index in [4.69, 9.17) is 11.6 Å². The van der Waals surface area contributed by atoms with Gasteiger partial charge in [0.05, 0.1) is 17.4 Å². The molecule has 0 amide bonds. The number of hydrogen-bond acceptors (Lipinski definition) is 5. The van der Waals surface area contributed by atoms with E-state index in [1.807, 2.05) is 0 Å². The number of hydrogen-bond donors (Lipinski definition) is 0. The lowest BCUT2D eigenvalue weighted by Gasteiger charge is -2.48. The van der Waals surface area contributed by atoms with Crippen LogP contribution in [0.1, 0.15) is 6.92 Å². The summed E-state index contributed by atoms with van der Waals surface area (Å²) >= 11 is 5.80. The van der Waals surface area contributed by atoms with Gasteiger partial charge in [-0.3, -0.25) is 4.90 Å². The van der Waals surface area contributed by atoms with E-state index >= 15 is 0 Å². The van der Waals surface area contributed by atoms with Crippen molar-refractivity contribution in [2.24, 2.45) is 0 Å². The van der Waals surface area contributed by atoms with Crippen molar-refractivity contribution in [2.75, 3.05) is 50.7 Å². The van der Waals surface area contributed by atoms with Crippen molar-refractivity contribution in [3.05, 3.63) is 17.4 Å². The predicted octanol–water partition coefficient (Wildman–Crippen LogP) is 0.956. The van der Waals surface area contributed by atoms with Crippen LogP contribution in [-0.4, -0.2) is 71.6 Å². The summed E-state index contributed by atoms with van der Waals surface area (Å²) in [5.41, 5.74) is 0. The Hall–Kier alpha value is -0.910. The number of rotatable bonds is 3. The van der Waals surface area contributed by atoms with Gasteiger partial charge in [-0.2, -0.15) is 0 Å². The van der Waals surface area contributed by atoms with E-state index in [1.54, 1.807) is 12.4 Å². The molecule has 0 saturated carbocycles. The van der Waals surface area contributed by atoms with E-state index in [0.29, 0.717) is 11.1 Å². The Morgan fingerprint density at radius 1 is 1.16 bits per heavy atom. The van der Waals surface area contributed by atoms with Crippen molar-refractivity contribution in [1.29, 1.82) is 0 Å². The van der Waals surface area contributed by atoms with Gasteiger partial charge >= 0.3 is 0 Å². The summed E-state index contributed by atoms with van der Waals surface area (Å²) in [7, 11) is 0. The van der Waals surface area contributed by atoms with Gasteiger partial charge in [0.15, 0.2) is 0 Å². The molecule has 3 rings (SSSR count). The van der Waals surface area contributed by atoms with Gasteiger partial charge in [0.2, 0.25) is 5.95 Å². The summed E-state index contributed by atoms with van der Waals surface area (Å²) in [6, 6.07) is 0.665. The molecule has 19 heavy (non-hydrogen) atoms. The molecule has 5 nitrogen and oxygen atoms in total. The monoisotopic (exact) mass is 281 g/mol. The molecule has 6 heteroatoms. The molecule has 0 bridgehead atoms. The highest BCUT2D eigenvalue weighted by atomic mass is 35.5. The Morgan fingerprint density at radius 2 is 1.79 bits per heavy atom. The van der Waals surface area contributed by atoms with Crippen molar-refractivity contribution in [2.45, 2.75) is 13.0 Å². The molecule has 0 radical (unpaired) electrons. The molecular formula is C13H20ClN5. The Morgan fingerprint density at radius 3 is 2.37 bits per heavy atom. The van der Waals surface area contributed by atoms with Crippen LogP contribution in [-0.2, 0) is 0 Å². The van der Waals surface area contributed by atoms with Gasteiger partial charge in [-0.25, -0.2) is 9.97 Å². The molecule has 1 aromatic rings. The topological polar surface area (TPSA) is 35.5 Å². The van der Waals surface area contributed by atoms with Crippen LogP contribution >= 0.6 is 11.6 Å². The number of halogens is 1. The number of piperazine rings is 1. The lowest BCUT2D eigenvalue weighted by molar-refractivity contribution is 0.0856. The van der Waals surface area contributed by atoms with E-state index < -0.39 is 0 Å². The van der Waals surface area contributed by atoms with Crippen LogP contribution in [0.25, 0.3) is 0 Å². The van der Waals surface area contributed by atoms with E-state index in [9.17, 15) is 0 Å². The van der Waals surface area contributed by atoms with Gasteiger partial charge in [-0.05, 0) is 6.54 Å². The molecule has 2 saturated heterocycles. The largest absolute Gasteiger partial charge is 0.338 e. The zero-order chi connectivity index (χ0) is 13.2. The summed E-state index contributed by atoms with van der Waals surface area (Å²) in [6.45, 7) is 10.2. The Labute approximate surface area is 119 Å². The average molecular weight is 282 g/mol. The van der Waals surface area contributed by atoms with Crippen LogP contribution < -0.4 is 4.90 Å². The third-order valence-corrected chi connectivity index (χ3v) is 4.32. The number of aromatic nitrogens is 2. The smallest absolute Gasteiger partial charge is 0.225 e. The van der Waals surface area contributed by atoms with E-state index in [1.165, 1.54) is 32.7 Å². The Bertz CT molecular complexity index is 410. The SMILES string of the molecule is CCN1CCN(C2CN(c3ncc(Cl)cn3)C2)CC1. The molecule has 0 N–H and O–H groups in total. The molecular weight excluding hydrogens is 262 g/mol. The van der Waals surface area contributed by atoms with Crippen molar-refractivity contribution >= 4 is 17.5 Å². The average Bonchev–Trinajstić information content (AvgIpc) is 2.40. The first-order valence-corrected chi connectivity index (χ1v) is 7.33. The van der Waals surface area contributed by atoms with Gasteiger partial charge in [0, 0.05) is 45.3 Å². The summed E-state index contributed by atoms with van der Waals surface area (Å²) in [4.78, 5) is 15.8. The quantitative estimate of drug-likeness (QED) is 0.825. The molecule has 0 aromatic carbocycles. The first-order chi connectivity index (χ1) is 9.26. The lowest BCUT2D eigenvalue weighted by Crippen LogP contribution is -2.63. The second kappa shape index (κ2) is 5.61. The van der Waals surface area contributed by atoms with Gasteiger partial charge in [0.25, 0.3) is 0 Å². The van der Waals surface area contributed by atoms with Crippen LogP contribution in [0.15, 0.2) is 12.4 Å². The van der Waals surface area contributed by atoms with Crippen molar-refractivity contribution in [3.8, 4) is 0 Å². The molecule has 2 aliphatic rings. The molecule has 3 heterocycles. The van der Waals surface area contributed by atoms with Gasteiger partial charge in [-0.1, -0.05) is 18.5 Å². The Kier molecular flexibility index (Phi) is 3.86. The molecule has 2 fully saturated rings. The fourth-order valence-corrected chi connectivity index (χ4v) is 2.86. The van der Waals surface area contributed by atoms with E-state index in [2.05, 4.69) is 31.6 Å². The Balaban J connectivity index is 1.49. The van der Waals surface area contributed by atoms with Gasteiger partial charge in [0.1, 0.15) is 0 Å². The van der Waals surface area contributed by atoms with Gasteiger partial charge in [-0.15, -0.1) is 0 Å². The molecule has 0 aliphatic carbocycles. The van der Waals surface area contributed by atoms with E-state index in [0.717, 1.165) is 19.0 Å². The minimum Gasteiger partial charge on any atom is -0.338 e. The normalized spacial score (nSPS) is 22.5. The molecule has 104 valence electrons. The lowest BCUT2D eigenvalue weighted by atomic mass is 10.1. The maximum atomic E-state index is 5.80. The summed E-state index contributed by atoms with van der Waals surface area (Å²) in [5.74, 6) is 0.799. The highest BCUT2D eigenvalue weighted by Crippen LogP contribution is 2.21. The molecule has 2 aliphatic heterocycles. The number of likely N-dealkylation sites (N-methyl/N-ethyl adjacent to an activating group) is 1. The molecule has 0 atom stereocenters. The third-order valence-electron chi connectivity index (χ3n) is 4.12. The van der Waals surface area contributed by atoms with Crippen LogP contribution in [0, 0.1) is 0 Å². The minimum absolute atomic E-state index is 0.594. The maximum absolute atomic E-state index is 5.80. The van der Waals surface area contributed by atoms with Crippen molar-refractivity contribution in [3.63, 3.8) is 0 Å². The standard InChI is InChI=1S/C13H20ClN5/c1-2-17-3-5-18(6-4-17)12-9-19(10-12)13-15-7-11(14)8-16-13/h7-8,12H,2-6,9-10H2,1H3. The highest BCUT2D eigenvalue weighted by Gasteiger charge is 2.34. The zero-order valence-corrected chi connectivity index (χ0v) is 12.1. The fourth-order valence-electron chi connectivity index (χ4n) is 2.76. The first kappa shape index (κ1) is 13.1. The molecule has 0 unspecified atom stereocenters. The molecule has 0 spiro atoms. The third kappa shape index (κ3) is 2.83. The minimum atomic E-state index is 0.594. The van der Waals surface area contributed by atoms with Crippen LogP contribution in [0.5, 0.6) is 0 Å².